The zero-order chi connectivity index (χ0) is 20.3. The van der Waals surface area contributed by atoms with E-state index in [1.807, 2.05) is 24.3 Å². The summed E-state index contributed by atoms with van der Waals surface area (Å²) in [7, 11) is 1.68. The fraction of sp³-hybridized carbons (Fsp3) is 0.667. The zero-order valence-corrected chi connectivity index (χ0v) is 17.6. The first kappa shape index (κ1) is 20.4. The lowest BCUT2D eigenvalue weighted by atomic mass is 9.64. The van der Waals surface area contributed by atoms with E-state index in [-0.39, 0.29) is 29.3 Å². The van der Waals surface area contributed by atoms with Crippen molar-refractivity contribution < 1.29 is 14.3 Å². The molecule has 1 heterocycles. The molecule has 1 aliphatic heterocycles. The molecule has 0 aromatic heterocycles. The molecule has 2 amide bonds. The fourth-order valence-corrected chi connectivity index (χ4v) is 6.00. The van der Waals surface area contributed by atoms with Gasteiger partial charge in [0.05, 0.1) is 11.5 Å². The van der Waals surface area contributed by atoms with Gasteiger partial charge in [-0.2, -0.15) is 0 Å². The van der Waals surface area contributed by atoms with Crippen LogP contribution in [0.3, 0.4) is 0 Å². The summed E-state index contributed by atoms with van der Waals surface area (Å²) in [5.41, 5.74) is 1.29. The van der Waals surface area contributed by atoms with Crippen molar-refractivity contribution in [3.8, 4) is 0 Å². The normalized spacial score (nSPS) is 24.0. The largest absolute Gasteiger partial charge is 0.385 e. The van der Waals surface area contributed by atoms with Gasteiger partial charge in [-0.3, -0.25) is 9.59 Å². The second kappa shape index (κ2) is 8.86. The highest BCUT2D eigenvalue weighted by Gasteiger charge is 2.56. The Balaban J connectivity index is 1.75. The Bertz CT molecular complexity index is 735. The number of hydrogen-bond acceptors (Lipinski definition) is 3. The molecule has 2 fully saturated rings. The van der Waals surface area contributed by atoms with Crippen molar-refractivity contribution in [2.75, 3.05) is 20.3 Å². The summed E-state index contributed by atoms with van der Waals surface area (Å²) in [6, 6.07) is 8.10. The molecule has 29 heavy (non-hydrogen) atoms. The third-order valence-electron chi connectivity index (χ3n) is 7.23. The summed E-state index contributed by atoms with van der Waals surface area (Å²) in [4.78, 5) is 29.5. The number of nitrogens with one attached hydrogen (secondary N) is 1. The topological polar surface area (TPSA) is 58.6 Å². The number of carbonyl (C=O) groups is 2. The summed E-state index contributed by atoms with van der Waals surface area (Å²) >= 11 is 0. The van der Waals surface area contributed by atoms with Crippen LogP contribution in [0.2, 0.25) is 0 Å². The van der Waals surface area contributed by atoms with Gasteiger partial charge in [-0.15, -0.1) is 0 Å². The Kier molecular flexibility index (Phi) is 6.23. The van der Waals surface area contributed by atoms with Gasteiger partial charge in [-0.1, -0.05) is 50.3 Å². The van der Waals surface area contributed by atoms with Crippen LogP contribution in [-0.4, -0.2) is 48.6 Å². The maximum atomic E-state index is 13.7. The van der Waals surface area contributed by atoms with Crippen LogP contribution < -0.4 is 5.32 Å². The van der Waals surface area contributed by atoms with Crippen molar-refractivity contribution in [2.24, 2.45) is 0 Å². The zero-order valence-electron chi connectivity index (χ0n) is 17.6. The number of rotatable bonds is 6. The van der Waals surface area contributed by atoms with Gasteiger partial charge in [0.2, 0.25) is 5.91 Å². The number of nitrogens with zero attached hydrogens (tertiary/aromatic N) is 1. The number of benzene rings is 1. The van der Waals surface area contributed by atoms with Crippen LogP contribution >= 0.6 is 0 Å². The van der Waals surface area contributed by atoms with Crippen molar-refractivity contribution in [2.45, 2.75) is 81.7 Å². The molecule has 0 bridgehead atoms. The smallest absolute Gasteiger partial charge is 0.254 e. The molecule has 5 nitrogen and oxygen atoms in total. The third kappa shape index (κ3) is 3.70. The number of hydrogen-bond donors (Lipinski definition) is 1. The van der Waals surface area contributed by atoms with Crippen LogP contribution in [0, 0.1) is 0 Å². The van der Waals surface area contributed by atoms with E-state index in [1.54, 1.807) is 7.11 Å². The Hall–Kier alpha value is -1.88. The molecule has 0 saturated heterocycles. The third-order valence-corrected chi connectivity index (χ3v) is 7.23. The van der Waals surface area contributed by atoms with Gasteiger partial charge in [0.25, 0.3) is 5.91 Å². The first-order valence-electron chi connectivity index (χ1n) is 11.4. The molecule has 1 aromatic rings. The molecule has 1 N–H and O–H groups in total. The summed E-state index contributed by atoms with van der Waals surface area (Å²) in [6.45, 7) is 1.25. The van der Waals surface area contributed by atoms with Gasteiger partial charge in [0.15, 0.2) is 0 Å². The predicted molar refractivity (Wildman–Crippen MR) is 113 cm³/mol. The molecule has 1 aromatic carbocycles. The van der Waals surface area contributed by atoms with Crippen LogP contribution in [0.1, 0.15) is 86.0 Å². The highest BCUT2D eigenvalue weighted by Crippen LogP contribution is 2.51. The number of fused-ring (bicyclic) bond motifs is 1. The maximum absolute atomic E-state index is 13.7. The average molecular weight is 399 g/mol. The second-order valence-corrected chi connectivity index (χ2v) is 8.94. The minimum atomic E-state index is -0.371. The fourth-order valence-electron chi connectivity index (χ4n) is 6.00. The molecule has 3 aliphatic rings. The van der Waals surface area contributed by atoms with Gasteiger partial charge in [-0.25, -0.2) is 0 Å². The lowest BCUT2D eigenvalue weighted by Crippen LogP contribution is -2.65. The maximum Gasteiger partial charge on any atom is 0.254 e. The van der Waals surface area contributed by atoms with Gasteiger partial charge in [-0.05, 0) is 43.7 Å². The second-order valence-electron chi connectivity index (χ2n) is 8.94. The van der Waals surface area contributed by atoms with Gasteiger partial charge in [0.1, 0.15) is 0 Å². The first-order chi connectivity index (χ1) is 14.2. The van der Waals surface area contributed by atoms with Crippen molar-refractivity contribution >= 4 is 11.8 Å². The molecule has 0 radical (unpaired) electrons. The molecule has 0 unspecified atom stereocenters. The minimum absolute atomic E-state index is 0.0750. The molecule has 158 valence electrons. The van der Waals surface area contributed by atoms with E-state index in [4.69, 9.17) is 4.74 Å². The molecular weight excluding hydrogens is 364 g/mol. The van der Waals surface area contributed by atoms with Gasteiger partial charge >= 0.3 is 0 Å². The molecule has 1 atom stereocenters. The van der Waals surface area contributed by atoms with E-state index >= 15 is 0 Å². The van der Waals surface area contributed by atoms with Gasteiger partial charge < -0.3 is 15.0 Å². The Morgan fingerprint density at radius 3 is 2.59 bits per heavy atom. The van der Waals surface area contributed by atoms with E-state index in [2.05, 4.69) is 10.2 Å². The molecule has 4 rings (SSSR count). The van der Waals surface area contributed by atoms with Crippen molar-refractivity contribution in [3.63, 3.8) is 0 Å². The van der Waals surface area contributed by atoms with E-state index in [1.165, 1.54) is 19.3 Å². The lowest BCUT2D eigenvalue weighted by molar-refractivity contribution is -0.128. The SMILES string of the molecule is COCCCNC(=O)[C@@H]1c2ccccc2C(=O)N(C2CCCC2)C12CCCCC2. The highest BCUT2D eigenvalue weighted by atomic mass is 16.5. The monoisotopic (exact) mass is 398 g/mol. The van der Waals surface area contributed by atoms with Crippen LogP contribution in [0.4, 0.5) is 0 Å². The number of carbonyl (C=O) groups excluding carboxylic acids is 2. The minimum Gasteiger partial charge on any atom is -0.385 e. The Morgan fingerprint density at radius 1 is 1.14 bits per heavy atom. The van der Waals surface area contributed by atoms with Crippen LogP contribution in [0.25, 0.3) is 0 Å². The Labute approximate surface area is 174 Å². The average Bonchev–Trinajstić information content (AvgIpc) is 3.26. The molecular formula is C24H34N2O3. The number of methoxy groups -OCH3 is 1. The quantitative estimate of drug-likeness (QED) is 0.736. The van der Waals surface area contributed by atoms with E-state index in [0.717, 1.165) is 56.1 Å². The molecule has 5 heteroatoms. The van der Waals surface area contributed by atoms with E-state index in [9.17, 15) is 9.59 Å². The number of amides is 2. The van der Waals surface area contributed by atoms with Crippen LogP contribution in [-0.2, 0) is 9.53 Å². The van der Waals surface area contributed by atoms with Crippen LogP contribution in [0.15, 0.2) is 24.3 Å². The van der Waals surface area contributed by atoms with Crippen molar-refractivity contribution in [1.82, 2.24) is 10.2 Å². The molecule has 1 spiro atoms. The van der Waals surface area contributed by atoms with Gasteiger partial charge in [0, 0.05) is 31.9 Å². The molecule has 2 aliphatic carbocycles. The Morgan fingerprint density at radius 2 is 1.86 bits per heavy atom. The summed E-state index contributed by atoms with van der Waals surface area (Å²) in [5.74, 6) is -0.0522. The van der Waals surface area contributed by atoms with Crippen LogP contribution in [0.5, 0.6) is 0 Å². The van der Waals surface area contributed by atoms with Crippen molar-refractivity contribution in [3.05, 3.63) is 35.4 Å². The van der Waals surface area contributed by atoms with E-state index < -0.39 is 0 Å². The molecule has 2 saturated carbocycles. The first-order valence-corrected chi connectivity index (χ1v) is 11.4. The van der Waals surface area contributed by atoms with E-state index in [0.29, 0.717) is 13.2 Å². The van der Waals surface area contributed by atoms with Crippen molar-refractivity contribution in [1.29, 1.82) is 0 Å². The summed E-state index contributed by atoms with van der Waals surface area (Å²) in [6.07, 6.45) is 10.5. The lowest BCUT2D eigenvalue weighted by Gasteiger charge is -2.56. The number of ether oxygens (including phenoxy) is 1. The predicted octanol–water partition coefficient (Wildman–Crippen LogP) is 4.02. The summed E-state index contributed by atoms with van der Waals surface area (Å²) in [5, 5.41) is 3.17. The highest BCUT2D eigenvalue weighted by molar-refractivity contribution is 6.02. The standard InChI is InChI=1S/C24H34N2O3/c1-29-17-9-16-25-22(27)21-19-12-5-6-13-20(19)23(28)26(18-10-3-4-11-18)24(21)14-7-2-8-15-24/h5-6,12-13,18,21H,2-4,7-11,14-17H2,1H3,(H,25,27)/t21-/m0/s1. The summed E-state index contributed by atoms with van der Waals surface area (Å²) < 4.78 is 5.13.